The fourth-order valence-electron chi connectivity index (χ4n) is 2.16. The molecular weight excluding hydrogens is 212 g/mol. The van der Waals surface area contributed by atoms with Gasteiger partial charge in [-0.2, -0.15) is 0 Å². The molecule has 2 rings (SSSR count). The molecule has 16 heavy (non-hydrogen) atoms. The smallest absolute Gasteiger partial charge is 0.246 e. The summed E-state index contributed by atoms with van der Waals surface area (Å²) in [6.07, 6.45) is -0.00410. The van der Waals surface area contributed by atoms with Gasteiger partial charge in [0.05, 0.1) is 31.8 Å². The van der Waals surface area contributed by atoms with Gasteiger partial charge < -0.3 is 9.84 Å². The second-order valence-electron chi connectivity index (χ2n) is 4.18. The van der Waals surface area contributed by atoms with Crippen molar-refractivity contribution in [3.63, 3.8) is 0 Å². The Bertz CT molecular complexity index is 307. The molecule has 0 bridgehead atoms. The molecule has 2 amide bonds. The van der Waals surface area contributed by atoms with Crippen LogP contribution in [0.2, 0.25) is 0 Å². The highest BCUT2D eigenvalue weighted by Crippen LogP contribution is 2.19. The lowest BCUT2D eigenvalue weighted by atomic mass is 10.1. The number of morpholine rings is 1. The standard InChI is InChI=1S/C10H16N2O4/c1-11-9(14)4-8(10(11)15)12-2-3-16-7(5-12)6-13/h7-8,13H,2-6H2,1H3. The Hall–Kier alpha value is -0.980. The minimum Gasteiger partial charge on any atom is -0.394 e. The number of hydrogen-bond donors (Lipinski definition) is 1. The van der Waals surface area contributed by atoms with Crippen LogP contribution >= 0.6 is 0 Å². The predicted octanol–water partition coefficient (Wildman–Crippen LogP) is -1.56. The molecule has 0 aromatic rings. The molecule has 0 saturated carbocycles. The van der Waals surface area contributed by atoms with Crippen LogP contribution < -0.4 is 0 Å². The second-order valence-corrected chi connectivity index (χ2v) is 4.18. The van der Waals surface area contributed by atoms with E-state index in [1.165, 1.54) is 11.9 Å². The van der Waals surface area contributed by atoms with Gasteiger partial charge in [-0.05, 0) is 0 Å². The van der Waals surface area contributed by atoms with Crippen molar-refractivity contribution in [3.8, 4) is 0 Å². The number of ether oxygens (including phenoxy) is 1. The molecule has 2 fully saturated rings. The fourth-order valence-corrected chi connectivity index (χ4v) is 2.16. The Morgan fingerprint density at radius 2 is 2.25 bits per heavy atom. The molecule has 2 aliphatic heterocycles. The molecule has 0 aromatic heterocycles. The van der Waals surface area contributed by atoms with Gasteiger partial charge in [0.25, 0.3) is 0 Å². The maximum Gasteiger partial charge on any atom is 0.246 e. The van der Waals surface area contributed by atoms with Gasteiger partial charge in [0.15, 0.2) is 0 Å². The van der Waals surface area contributed by atoms with Gasteiger partial charge in [0.2, 0.25) is 11.8 Å². The first-order valence-corrected chi connectivity index (χ1v) is 5.40. The van der Waals surface area contributed by atoms with Gasteiger partial charge in [0, 0.05) is 20.1 Å². The molecule has 6 nitrogen and oxygen atoms in total. The normalized spacial score (nSPS) is 32.5. The number of hydrogen-bond acceptors (Lipinski definition) is 5. The molecule has 2 atom stereocenters. The monoisotopic (exact) mass is 228 g/mol. The minimum atomic E-state index is -0.365. The van der Waals surface area contributed by atoms with E-state index in [0.29, 0.717) is 19.7 Å². The van der Waals surface area contributed by atoms with Crippen LogP contribution in [0.15, 0.2) is 0 Å². The van der Waals surface area contributed by atoms with Crippen LogP contribution in [0.3, 0.4) is 0 Å². The van der Waals surface area contributed by atoms with Crippen LogP contribution in [0, 0.1) is 0 Å². The number of rotatable bonds is 2. The zero-order valence-electron chi connectivity index (χ0n) is 9.26. The van der Waals surface area contributed by atoms with Crippen LogP contribution in [-0.4, -0.2) is 72.2 Å². The average Bonchev–Trinajstić information content (AvgIpc) is 2.57. The van der Waals surface area contributed by atoms with E-state index in [0.717, 1.165) is 0 Å². The van der Waals surface area contributed by atoms with E-state index in [2.05, 4.69) is 0 Å². The molecule has 1 N–H and O–H groups in total. The highest BCUT2D eigenvalue weighted by Gasteiger charge is 2.41. The van der Waals surface area contributed by atoms with Gasteiger partial charge in [-0.25, -0.2) is 0 Å². The number of carbonyl (C=O) groups is 2. The van der Waals surface area contributed by atoms with Crippen molar-refractivity contribution >= 4 is 11.8 Å². The van der Waals surface area contributed by atoms with Crippen molar-refractivity contribution in [1.29, 1.82) is 0 Å². The molecular formula is C10H16N2O4. The first-order chi connectivity index (χ1) is 7.63. The zero-order valence-corrected chi connectivity index (χ0v) is 9.26. The summed E-state index contributed by atoms with van der Waals surface area (Å²) in [5.74, 6) is -0.286. The molecule has 90 valence electrons. The van der Waals surface area contributed by atoms with E-state index in [1.54, 1.807) is 0 Å². The summed E-state index contributed by atoms with van der Waals surface area (Å²) in [5.41, 5.74) is 0. The summed E-state index contributed by atoms with van der Waals surface area (Å²) in [7, 11) is 1.51. The third-order valence-corrected chi connectivity index (χ3v) is 3.17. The van der Waals surface area contributed by atoms with Crippen molar-refractivity contribution in [1.82, 2.24) is 9.80 Å². The number of carbonyl (C=O) groups excluding carboxylic acids is 2. The molecule has 0 aromatic carbocycles. The second kappa shape index (κ2) is 4.48. The Kier molecular flexibility index (Phi) is 3.22. The molecule has 6 heteroatoms. The highest BCUT2D eigenvalue weighted by molar-refractivity contribution is 6.05. The Morgan fingerprint density at radius 1 is 1.50 bits per heavy atom. The van der Waals surface area contributed by atoms with E-state index in [1.807, 2.05) is 4.90 Å². The summed E-state index contributed by atoms with van der Waals surface area (Å²) in [6, 6.07) is -0.365. The highest BCUT2D eigenvalue weighted by atomic mass is 16.5. The Morgan fingerprint density at radius 3 is 2.81 bits per heavy atom. The maximum absolute atomic E-state index is 11.8. The Balaban J connectivity index is 2.02. The summed E-state index contributed by atoms with van der Waals surface area (Å²) in [4.78, 5) is 26.3. The molecule has 0 spiro atoms. The number of amides is 2. The third-order valence-electron chi connectivity index (χ3n) is 3.17. The molecule has 2 aliphatic rings. The largest absolute Gasteiger partial charge is 0.394 e. The van der Waals surface area contributed by atoms with Gasteiger partial charge >= 0.3 is 0 Å². The number of aliphatic hydroxyl groups excluding tert-OH is 1. The predicted molar refractivity (Wildman–Crippen MR) is 54.6 cm³/mol. The summed E-state index contributed by atoms with van der Waals surface area (Å²) in [5, 5.41) is 9.01. The van der Waals surface area contributed by atoms with E-state index in [9.17, 15) is 9.59 Å². The quantitative estimate of drug-likeness (QED) is 0.579. The van der Waals surface area contributed by atoms with E-state index in [-0.39, 0.29) is 37.0 Å². The maximum atomic E-state index is 11.8. The lowest BCUT2D eigenvalue weighted by Gasteiger charge is -2.34. The average molecular weight is 228 g/mol. The third kappa shape index (κ3) is 1.95. The van der Waals surface area contributed by atoms with Crippen LogP contribution in [0.1, 0.15) is 6.42 Å². The van der Waals surface area contributed by atoms with E-state index < -0.39 is 0 Å². The van der Waals surface area contributed by atoms with E-state index in [4.69, 9.17) is 9.84 Å². The molecule has 2 heterocycles. The molecule has 0 aliphatic carbocycles. The molecule has 2 unspecified atom stereocenters. The Labute approximate surface area is 93.8 Å². The lowest BCUT2D eigenvalue weighted by Crippen LogP contribution is -2.51. The first kappa shape index (κ1) is 11.5. The number of likely N-dealkylation sites (N-methyl/N-ethyl adjacent to an activating group) is 1. The van der Waals surface area contributed by atoms with Crippen LogP contribution in [-0.2, 0) is 14.3 Å². The summed E-state index contributed by atoms with van der Waals surface area (Å²) >= 11 is 0. The van der Waals surface area contributed by atoms with Crippen LogP contribution in [0.5, 0.6) is 0 Å². The van der Waals surface area contributed by atoms with E-state index >= 15 is 0 Å². The van der Waals surface area contributed by atoms with Crippen molar-refractivity contribution in [2.24, 2.45) is 0 Å². The first-order valence-electron chi connectivity index (χ1n) is 5.40. The number of aliphatic hydroxyl groups is 1. The number of imide groups is 1. The van der Waals surface area contributed by atoms with Gasteiger partial charge in [-0.15, -0.1) is 0 Å². The lowest BCUT2D eigenvalue weighted by molar-refractivity contribution is -0.139. The van der Waals surface area contributed by atoms with Crippen molar-refractivity contribution in [2.45, 2.75) is 18.6 Å². The van der Waals surface area contributed by atoms with Crippen LogP contribution in [0.25, 0.3) is 0 Å². The summed E-state index contributed by atoms with van der Waals surface area (Å²) < 4.78 is 5.30. The van der Waals surface area contributed by atoms with Crippen LogP contribution in [0.4, 0.5) is 0 Å². The van der Waals surface area contributed by atoms with Gasteiger partial charge in [0.1, 0.15) is 0 Å². The fraction of sp³-hybridized carbons (Fsp3) is 0.800. The van der Waals surface area contributed by atoms with Crippen molar-refractivity contribution < 1.29 is 19.4 Å². The number of nitrogens with zero attached hydrogens (tertiary/aromatic N) is 2. The zero-order chi connectivity index (χ0) is 11.7. The minimum absolute atomic E-state index is 0.0544. The van der Waals surface area contributed by atoms with Crippen molar-refractivity contribution in [2.75, 3.05) is 33.4 Å². The topological polar surface area (TPSA) is 70.1 Å². The van der Waals surface area contributed by atoms with Crippen molar-refractivity contribution in [3.05, 3.63) is 0 Å². The number of likely N-dealkylation sites (tertiary alicyclic amines) is 1. The van der Waals surface area contributed by atoms with Gasteiger partial charge in [-0.1, -0.05) is 0 Å². The molecule has 0 radical (unpaired) electrons. The van der Waals surface area contributed by atoms with Gasteiger partial charge in [-0.3, -0.25) is 19.4 Å². The molecule has 2 saturated heterocycles. The summed E-state index contributed by atoms with van der Waals surface area (Å²) in [6.45, 7) is 1.58. The SMILES string of the molecule is CN1C(=O)CC(N2CCOC(CO)C2)C1=O.